The van der Waals surface area contributed by atoms with Crippen molar-refractivity contribution < 1.29 is 4.92 Å². The summed E-state index contributed by atoms with van der Waals surface area (Å²) in [6.07, 6.45) is 0. The molecule has 0 radical (unpaired) electrons. The lowest BCUT2D eigenvalue weighted by Crippen LogP contribution is -2.44. The highest BCUT2D eigenvalue weighted by Crippen LogP contribution is 2.14. The maximum absolute atomic E-state index is 10.6. The minimum absolute atomic E-state index is 0. The van der Waals surface area contributed by atoms with E-state index in [1.54, 1.807) is 12.1 Å². The zero-order valence-corrected chi connectivity index (χ0v) is 17.0. The molecule has 0 bridgehead atoms. The van der Waals surface area contributed by atoms with Gasteiger partial charge in [0.2, 0.25) is 0 Å². The van der Waals surface area contributed by atoms with Crippen molar-refractivity contribution in [3.05, 3.63) is 34.4 Å². The van der Waals surface area contributed by atoms with E-state index >= 15 is 0 Å². The van der Waals surface area contributed by atoms with E-state index < -0.39 is 4.92 Å². The average molecular weight is 449 g/mol. The van der Waals surface area contributed by atoms with E-state index in [1.165, 1.54) is 12.1 Å². The van der Waals surface area contributed by atoms with E-state index in [0.29, 0.717) is 25.0 Å². The second kappa shape index (κ2) is 11.9. The van der Waals surface area contributed by atoms with E-state index in [4.69, 9.17) is 0 Å². The van der Waals surface area contributed by atoms with Crippen LogP contribution in [-0.4, -0.2) is 36.6 Å². The molecule has 24 heavy (non-hydrogen) atoms. The largest absolute Gasteiger partial charge is 0.383 e. The molecule has 0 amide bonds. The molecule has 0 aliphatic rings. The van der Waals surface area contributed by atoms with Crippen molar-refractivity contribution in [1.29, 1.82) is 0 Å². The number of hydrogen-bond acceptors (Lipinski definition) is 4. The topological polar surface area (TPSA) is 91.6 Å². The summed E-state index contributed by atoms with van der Waals surface area (Å²) in [6, 6.07) is 6.72. The van der Waals surface area contributed by atoms with Crippen LogP contribution in [0.25, 0.3) is 0 Å². The lowest BCUT2D eigenvalue weighted by atomic mass is 10.1. The number of rotatable bonds is 8. The summed E-state index contributed by atoms with van der Waals surface area (Å²) in [6.45, 7) is 10.6. The Kier molecular flexibility index (Phi) is 11.1. The zero-order chi connectivity index (χ0) is 17.2. The number of anilines is 1. The van der Waals surface area contributed by atoms with Crippen LogP contribution >= 0.6 is 24.0 Å². The molecule has 0 fully saturated rings. The molecule has 0 saturated heterocycles. The Bertz CT molecular complexity index is 520. The van der Waals surface area contributed by atoms with Crippen LogP contribution in [0, 0.1) is 16.0 Å². The van der Waals surface area contributed by atoms with Crippen LogP contribution in [0.4, 0.5) is 11.4 Å². The molecule has 0 aromatic heterocycles. The molecular formula is C16H28IN5O2. The van der Waals surface area contributed by atoms with Crippen LogP contribution in [-0.2, 0) is 0 Å². The van der Waals surface area contributed by atoms with Gasteiger partial charge in [-0.3, -0.25) is 15.1 Å². The quantitative estimate of drug-likeness (QED) is 0.142. The molecule has 7 nitrogen and oxygen atoms in total. The first kappa shape index (κ1) is 22.4. The van der Waals surface area contributed by atoms with E-state index in [2.05, 4.69) is 41.7 Å². The minimum Gasteiger partial charge on any atom is -0.383 e. The Balaban J connectivity index is 0.00000529. The van der Waals surface area contributed by atoms with Crippen molar-refractivity contribution in [2.75, 3.05) is 25.0 Å². The number of guanidine groups is 1. The first-order valence-electron chi connectivity index (χ1n) is 7.97. The lowest BCUT2D eigenvalue weighted by Gasteiger charge is -2.20. The van der Waals surface area contributed by atoms with Crippen LogP contribution < -0.4 is 16.0 Å². The van der Waals surface area contributed by atoms with Gasteiger partial charge in [0.05, 0.1) is 11.5 Å². The SMILES string of the molecule is CCNC(=NCCNc1ccc([N+](=O)[O-])cc1)NC(C)C(C)C.I. The van der Waals surface area contributed by atoms with Crippen LogP contribution in [0.5, 0.6) is 0 Å². The number of hydrogen-bond donors (Lipinski definition) is 3. The summed E-state index contributed by atoms with van der Waals surface area (Å²) in [5.41, 5.74) is 0.939. The summed E-state index contributed by atoms with van der Waals surface area (Å²) in [5, 5.41) is 20.4. The standard InChI is InChI=1S/C16H27N5O2.HI/c1-5-17-16(20-13(4)12(2)3)19-11-10-18-14-6-8-15(9-7-14)21(22)23;/h6-9,12-13,18H,5,10-11H2,1-4H3,(H2,17,19,20);1H. The average Bonchev–Trinajstić information content (AvgIpc) is 2.51. The molecule has 0 aliphatic heterocycles. The number of nitrogens with zero attached hydrogens (tertiary/aromatic N) is 2. The third kappa shape index (κ3) is 8.32. The highest BCUT2D eigenvalue weighted by Gasteiger charge is 2.08. The van der Waals surface area contributed by atoms with Crippen molar-refractivity contribution in [1.82, 2.24) is 10.6 Å². The van der Waals surface area contributed by atoms with Crippen molar-refractivity contribution >= 4 is 41.3 Å². The first-order valence-corrected chi connectivity index (χ1v) is 7.97. The Labute approximate surface area is 160 Å². The van der Waals surface area contributed by atoms with Crippen LogP contribution in [0.1, 0.15) is 27.7 Å². The third-order valence-electron chi connectivity index (χ3n) is 3.50. The highest BCUT2D eigenvalue weighted by molar-refractivity contribution is 14.0. The van der Waals surface area contributed by atoms with E-state index in [-0.39, 0.29) is 29.7 Å². The number of benzene rings is 1. The summed E-state index contributed by atoms with van der Waals surface area (Å²) < 4.78 is 0. The third-order valence-corrected chi connectivity index (χ3v) is 3.50. The van der Waals surface area contributed by atoms with E-state index in [1.807, 2.05) is 6.92 Å². The Hall–Kier alpha value is -1.58. The van der Waals surface area contributed by atoms with Crippen LogP contribution in [0.15, 0.2) is 29.3 Å². The van der Waals surface area contributed by atoms with Gasteiger partial charge in [0.15, 0.2) is 5.96 Å². The highest BCUT2D eigenvalue weighted by atomic mass is 127. The summed E-state index contributed by atoms with van der Waals surface area (Å²) in [5.74, 6) is 1.33. The van der Waals surface area contributed by atoms with Gasteiger partial charge in [-0.05, 0) is 31.9 Å². The number of non-ortho nitro benzene ring substituents is 1. The molecule has 0 aliphatic carbocycles. The van der Waals surface area contributed by atoms with Gasteiger partial charge in [0.1, 0.15) is 0 Å². The van der Waals surface area contributed by atoms with Crippen molar-refractivity contribution in [2.45, 2.75) is 33.7 Å². The molecule has 1 atom stereocenters. The monoisotopic (exact) mass is 449 g/mol. The predicted octanol–water partition coefficient (Wildman–Crippen LogP) is 3.22. The van der Waals surface area contributed by atoms with Crippen molar-refractivity contribution in [2.24, 2.45) is 10.9 Å². The predicted molar refractivity (Wildman–Crippen MR) is 110 cm³/mol. The summed E-state index contributed by atoms with van der Waals surface area (Å²) in [7, 11) is 0. The normalized spacial score (nSPS) is 12.3. The van der Waals surface area contributed by atoms with Gasteiger partial charge in [0.25, 0.3) is 5.69 Å². The minimum atomic E-state index is -0.404. The zero-order valence-electron chi connectivity index (χ0n) is 14.7. The van der Waals surface area contributed by atoms with Crippen molar-refractivity contribution in [3.63, 3.8) is 0 Å². The fourth-order valence-corrected chi connectivity index (χ4v) is 1.77. The lowest BCUT2D eigenvalue weighted by molar-refractivity contribution is -0.384. The first-order chi connectivity index (χ1) is 10.9. The molecule has 0 spiro atoms. The molecule has 8 heteroatoms. The maximum Gasteiger partial charge on any atom is 0.269 e. The Morgan fingerprint density at radius 2 is 1.88 bits per heavy atom. The molecule has 0 heterocycles. The second-order valence-corrected chi connectivity index (χ2v) is 5.67. The number of halogens is 1. The molecule has 1 unspecified atom stereocenters. The van der Waals surface area contributed by atoms with Gasteiger partial charge in [-0.25, -0.2) is 0 Å². The van der Waals surface area contributed by atoms with Crippen LogP contribution in [0.2, 0.25) is 0 Å². The fraction of sp³-hybridized carbons (Fsp3) is 0.562. The van der Waals surface area contributed by atoms with Gasteiger partial charge in [-0.2, -0.15) is 0 Å². The van der Waals surface area contributed by atoms with Gasteiger partial charge in [0, 0.05) is 37.0 Å². The number of aliphatic imine (C=N–C) groups is 1. The molecule has 1 aromatic carbocycles. The maximum atomic E-state index is 10.6. The Morgan fingerprint density at radius 1 is 1.25 bits per heavy atom. The Morgan fingerprint density at radius 3 is 2.38 bits per heavy atom. The fourth-order valence-electron chi connectivity index (χ4n) is 1.77. The second-order valence-electron chi connectivity index (χ2n) is 5.67. The summed E-state index contributed by atoms with van der Waals surface area (Å²) >= 11 is 0. The van der Waals surface area contributed by atoms with E-state index in [0.717, 1.165) is 18.2 Å². The molecule has 1 aromatic rings. The molecule has 1 rings (SSSR count). The van der Waals surface area contributed by atoms with Crippen molar-refractivity contribution in [3.8, 4) is 0 Å². The molecule has 136 valence electrons. The number of nitrogens with one attached hydrogen (secondary N) is 3. The van der Waals surface area contributed by atoms with Crippen LogP contribution in [0.3, 0.4) is 0 Å². The van der Waals surface area contributed by atoms with Gasteiger partial charge < -0.3 is 16.0 Å². The summed E-state index contributed by atoms with van der Waals surface area (Å²) in [4.78, 5) is 14.7. The molecular weight excluding hydrogens is 421 g/mol. The molecule has 0 saturated carbocycles. The van der Waals surface area contributed by atoms with Gasteiger partial charge in [-0.15, -0.1) is 24.0 Å². The smallest absolute Gasteiger partial charge is 0.269 e. The van der Waals surface area contributed by atoms with Gasteiger partial charge >= 0.3 is 0 Å². The number of nitro groups is 1. The van der Waals surface area contributed by atoms with E-state index in [9.17, 15) is 10.1 Å². The molecule has 3 N–H and O–H groups in total. The van der Waals surface area contributed by atoms with Gasteiger partial charge in [-0.1, -0.05) is 13.8 Å². The number of nitro benzene ring substituents is 1.